The zero-order valence-corrected chi connectivity index (χ0v) is 11.6. The van der Waals surface area contributed by atoms with E-state index in [0.29, 0.717) is 12.5 Å². The maximum absolute atomic E-state index is 5.07. The van der Waals surface area contributed by atoms with Gasteiger partial charge in [0, 0.05) is 26.1 Å². The molecule has 1 aliphatic heterocycles. The quantitative estimate of drug-likeness (QED) is 0.903. The molecule has 7 heteroatoms. The Morgan fingerprint density at radius 2 is 2.35 bits per heavy atom. The van der Waals surface area contributed by atoms with Crippen LogP contribution in [0.4, 0.5) is 0 Å². The van der Waals surface area contributed by atoms with Crippen molar-refractivity contribution in [3.8, 4) is 0 Å². The number of halogens is 2. The van der Waals surface area contributed by atoms with Crippen molar-refractivity contribution in [1.82, 2.24) is 20.1 Å². The zero-order chi connectivity index (χ0) is 10.5. The van der Waals surface area contributed by atoms with Crippen LogP contribution in [-0.4, -0.2) is 41.6 Å². The number of piperidine rings is 1. The van der Waals surface area contributed by atoms with Crippen molar-refractivity contribution < 1.29 is 4.74 Å². The van der Waals surface area contributed by atoms with E-state index in [1.54, 1.807) is 13.4 Å². The number of methoxy groups -OCH3 is 1. The molecule has 0 aliphatic carbocycles. The molecular weight excluding hydrogens is 263 g/mol. The van der Waals surface area contributed by atoms with Gasteiger partial charge in [-0.3, -0.25) is 0 Å². The topological polar surface area (TPSA) is 52.0 Å². The van der Waals surface area contributed by atoms with Gasteiger partial charge in [0.25, 0.3) is 0 Å². The third kappa shape index (κ3) is 4.43. The Morgan fingerprint density at radius 3 is 3.00 bits per heavy atom. The summed E-state index contributed by atoms with van der Waals surface area (Å²) in [5, 5.41) is 11.6. The highest BCUT2D eigenvalue weighted by atomic mass is 35.5. The fourth-order valence-electron chi connectivity index (χ4n) is 2.01. The maximum atomic E-state index is 5.07. The van der Waals surface area contributed by atoms with Gasteiger partial charge >= 0.3 is 0 Å². The number of nitrogens with zero attached hydrogens (tertiary/aromatic N) is 3. The Bertz CT molecular complexity index is 302. The van der Waals surface area contributed by atoms with Crippen LogP contribution in [0.25, 0.3) is 0 Å². The van der Waals surface area contributed by atoms with Gasteiger partial charge in [-0.2, -0.15) is 0 Å². The molecule has 2 heterocycles. The molecule has 1 aromatic rings. The maximum Gasteiger partial charge on any atom is 0.137 e. The first-order valence-electron chi connectivity index (χ1n) is 5.49. The summed E-state index contributed by atoms with van der Waals surface area (Å²) in [4.78, 5) is 0. The molecule has 1 fully saturated rings. The van der Waals surface area contributed by atoms with Gasteiger partial charge in [-0.15, -0.1) is 35.0 Å². The predicted octanol–water partition coefficient (Wildman–Crippen LogP) is 1.24. The highest BCUT2D eigenvalue weighted by molar-refractivity contribution is 5.85. The first-order chi connectivity index (χ1) is 7.42. The van der Waals surface area contributed by atoms with Gasteiger partial charge in [-0.05, 0) is 19.4 Å². The minimum absolute atomic E-state index is 0. The van der Waals surface area contributed by atoms with Crippen LogP contribution in [0, 0.1) is 0 Å². The molecule has 0 radical (unpaired) electrons. The molecule has 2 rings (SSSR count). The summed E-state index contributed by atoms with van der Waals surface area (Å²) in [5.41, 5.74) is 0. The lowest BCUT2D eigenvalue weighted by atomic mass is 9.99. The Hall–Kier alpha value is -0.360. The van der Waals surface area contributed by atoms with Crippen LogP contribution in [-0.2, 0) is 11.3 Å². The summed E-state index contributed by atoms with van der Waals surface area (Å²) in [5.74, 6) is 1.61. The average Bonchev–Trinajstić information content (AvgIpc) is 2.75. The molecule has 1 atom stereocenters. The number of aromatic nitrogens is 3. The van der Waals surface area contributed by atoms with E-state index in [9.17, 15) is 0 Å². The van der Waals surface area contributed by atoms with Gasteiger partial charge in [-0.1, -0.05) is 0 Å². The number of nitrogens with one attached hydrogen (secondary N) is 1. The van der Waals surface area contributed by atoms with Gasteiger partial charge in [0.2, 0.25) is 0 Å². The van der Waals surface area contributed by atoms with Crippen molar-refractivity contribution in [1.29, 1.82) is 0 Å². The molecule has 1 aromatic heterocycles. The van der Waals surface area contributed by atoms with Gasteiger partial charge < -0.3 is 14.6 Å². The van der Waals surface area contributed by atoms with Crippen LogP contribution >= 0.6 is 24.8 Å². The van der Waals surface area contributed by atoms with E-state index >= 15 is 0 Å². The van der Waals surface area contributed by atoms with Gasteiger partial charge in [0.1, 0.15) is 12.2 Å². The highest BCUT2D eigenvalue weighted by Gasteiger charge is 2.20. The standard InChI is InChI=1S/C10H18N4O.2ClH/c1-15-6-5-14-8-12-13-10(14)9-3-2-4-11-7-9;;/h8-9,11H,2-7H2,1H3;2*1H. The normalized spacial score (nSPS) is 19.2. The Balaban J connectivity index is 0.00000128. The van der Waals surface area contributed by atoms with Crippen LogP contribution in [0.2, 0.25) is 0 Å². The molecule has 1 unspecified atom stereocenters. The second-order valence-electron chi connectivity index (χ2n) is 3.92. The van der Waals surface area contributed by atoms with Gasteiger partial charge in [0.05, 0.1) is 6.61 Å². The fourth-order valence-corrected chi connectivity index (χ4v) is 2.01. The van der Waals surface area contributed by atoms with Crippen LogP contribution in [0.3, 0.4) is 0 Å². The molecule has 0 saturated carbocycles. The fraction of sp³-hybridized carbons (Fsp3) is 0.800. The Kier molecular flexibility index (Phi) is 8.51. The van der Waals surface area contributed by atoms with E-state index in [4.69, 9.17) is 4.74 Å². The Morgan fingerprint density at radius 1 is 1.53 bits per heavy atom. The summed E-state index contributed by atoms with van der Waals surface area (Å²) in [6.45, 7) is 3.70. The van der Waals surface area contributed by atoms with E-state index in [0.717, 1.165) is 25.5 Å². The van der Waals surface area contributed by atoms with E-state index in [-0.39, 0.29) is 24.8 Å². The first kappa shape index (κ1) is 16.6. The molecule has 0 aromatic carbocycles. The summed E-state index contributed by atoms with van der Waals surface area (Å²) < 4.78 is 7.16. The predicted molar refractivity (Wildman–Crippen MR) is 71.2 cm³/mol. The van der Waals surface area contributed by atoms with E-state index in [1.807, 2.05) is 0 Å². The third-order valence-corrected chi connectivity index (χ3v) is 2.84. The lowest BCUT2D eigenvalue weighted by Gasteiger charge is -2.22. The van der Waals surface area contributed by atoms with Crippen molar-refractivity contribution in [2.45, 2.75) is 25.3 Å². The Labute approximate surface area is 114 Å². The van der Waals surface area contributed by atoms with Crippen molar-refractivity contribution in [2.75, 3.05) is 26.8 Å². The molecule has 0 spiro atoms. The van der Waals surface area contributed by atoms with Crippen molar-refractivity contribution in [3.63, 3.8) is 0 Å². The smallest absolute Gasteiger partial charge is 0.137 e. The molecule has 5 nitrogen and oxygen atoms in total. The SMILES string of the molecule is COCCn1cnnc1C1CCCNC1.Cl.Cl. The number of hydrogen-bond donors (Lipinski definition) is 1. The highest BCUT2D eigenvalue weighted by Crippen LogP contribution is 2.20. The molecule has 0 bridgehead atoms. The minimum Gasteiger partial charge on any atom is -0.383 e. The number of hydrogen-bond acceptors (Lipinski definition) is 4. The van der Waals surface area contributed by atoms with Crippen molar-refractivity contribution in [2.24, 2.45) is 0 Å². The van der Waals surface area contributed by atoms with Crippen molar-refractivity contribution in [3.05, 3.63) is 12.2 Å². The molecular formula is C10H20Cl2N4O. The molecule has 100 valence electrons. The van der Waals surface area contributed by atoms with Crippen LogP contribution in [0.1, 0.15) is 24.6 Å². The van der Waals surface area contributed by atoms with Crippen LogP contribution in [0.15, 0.2) is 6.33 Å². The summed E-state index contributed by atoms with van der Waals surface area (Å²) in [6, 6.07) is 0. The molecule has 1 saturated heterocycles. The molecule has 0 amide bonds. The summed E-state index contributed by atoms with van der Waals surface area (Å²) >= 11 is 0. The van der Waals surface area contributed by atoms with Crippen LogP contribution in [0.5, 0.6) is 0 Å². The number of rotatable bonds is 4. The third-order valence-electron chi connectivity index (χ3n) is 2.84. The second-order valence-corrected chi connectivity index (χ2v) is 3.92. The largest absolute Gasteiger partial charge is 0.383 e. The molecule has 17 heavy (non-hydrogen) atoms. The minimum atomic E-state index is 0. The van der Waals surface area contributed by atoms with Gasteiger partial charge in [-0.25, -0.2) is 0 Å². The van der Waals surface area contributed by atoms with Gasteiger partial charge in [0.15, 0.2) is 0 Å². The lowest BCUT2D eigenvalue weighted by molar-refractivity contribution is 0.185. The monoisotopic (exact) mass is 282 g/mol. The van der Waals surface area contributed by atoms with Crippen molar-refractivity contribution >= 4 is 24.8 Å². The first-order valence-corrected chi connectivity index (χ1v) is 5.49. The van der Waals surface area contributed by atoms with Crippen LogP contribution < -0.4 is 5.32 Å². The second kappa shape index (κ2) is 8.69. The number of ether oxygens (including phenoxy) is 1. The molecule has 1 aliphatic rings. The summed E-state index contributed by atoms with van der Waals surface area (Å²) in [7, 11) is 1.71. The molecule has 1 N–H and O–H groups in total. The van der Waals surface area contributed by atoms with E-state index < -0.39 is 0 Å². The van der Waals surface area contributed by atoms with E-state index in [2.05, 4.69) is 20.1 Å². The lowest BCUT2D eigenvalue weighted by Crippen LogP contribution is -2.30. The average molecular weight is 283 g/mol. The summed E-state index contributed by atoms with van der Waals surface area (Å²) in [6.07, 6.45) is 4.23. The van der Waals surface area contributed by atoms with E-state index in [1.165, 1.54) is 12.8 Å². The zero-order valence-electron chi connectivity index (χ0n) is 9.96.